The number of rotatable bonds is 3. The predicted octanol–water partition coefficient (Wildman–Crippen LogP) is 3.01. The Morgan fingerprint density at radius 2 is 1.81 bits per heavy atom. The fourth-order valence-electron chi connectivity index (χ4n) is 3.69. The first kappa shape index (κ1) is 17.4. The number of benzene rings is 2. The van der Waals surface area contributed by atoms with Gasteiger partial charge in [-0.05, 0) is 17.7 Å². The van der Waals surface area contributed by atoms with Gasteiger partial charge in [-0.1, -0.05) is 30.3 Å². The summed E-state index contributed by atoms with van der Waals surface area (Å²) in [7, 11) is 1.75. The molecule has 2 aromatic rings. The Labute approximate surface area is 158 Å². The summed E-state index contributed by atoms with van der Waals surface area (Å²) in [6, 6.07) is 14.8. The van der Waals surface area contributed by atoms with E-state index < -0.39 is 5.92 Å². The Bertz CT molecular complexity index is 853. The maximum atomic E-state index is 13.0. The molecule has 2 heterocycles. The second kappa shape index (κ2) is 7.31. The lowest BCUT2D eigenvalue weighted by Gasteiger charge is -2.25. The van der Waals surface area contributed by atoms with Crippen molar-refractivity contribution in [1.29, 1.82) is 0 Å². The van der Waals surface area contributed by atoms with Crippen LogP contribution in [0.25, 0.3) is 0 Å². The van der Waals surface area contributed by atoms with Gasteiger partial charge in [-0.25, -0.2) is 0 Å². The summed E-state index contributed by atoms with van der Waals surface area (Å²) in [6.07, 6.45) is 1.03. The van der Waals surface area contributed by atoms with E-state index in [4.69, 9.17) is 9.47 Å². The molecule has 1 saturated heterocycles. The van der Waals surface area contributed by atoms with Gasteiger partial charge in [-0.3, -0.25) is 9.59 Å². The topological polar surface area (TPSA) is 67.9 Å². The highest BCUT2D eigenvalue weighted by atomic mass is 16.5. The molecule has 2 aliphatic heterocycles. The normalized spacial score (nSPS) is 21.7. The summed E-state index contributed by atoms with van der Waals surface area (Å²) in [4.78, 5) is 26.9. The van der Waals surface area contributed by atoms with Gasteiger partial charge < -0.3 is 19.7 Å². The van der Waals surface area contributed by atoms with Crippen LogP contribution in [-0.4, -0.2) is 37.0 Å². The fraction of sp³-hybridized carbons (Fsp3) is 0.333. The molecule has 2 aliphatic rings. The fourth-order valence-corrected chi connectivity index (χ4v) is 3.69. The number of ether oxygens (including phenoxy) is 2. The molecule has 0 unspecified atom stereocenters. The first-order valence-corrected chi connectivity index (χ1v) is 9.14. The summed E-state index contributed by atoms with van der Waals surface area (Å²) in [5.74, 6) is 0.674. The highest BCUT2D eigenvalue weighted by Crippen LogP contribution is 2.38. The Hall–Kier alpha value is -3.02. The lowest BCUT2D eigenvalue weighted by atomic mass is 9.93. The number of carbonyl (C=O) groups excluding carboxylic acids is 2. The average Bonchev–Trinajstić information content (AvgIpc) is 2.85. The molecule has 0 radical (unpaired) electrons. The number of nitrogens with one attached hydrogen (secondary N) is 1. The summed E-state index contributed by atoms with van der Waals surface area (Å²) >= 11 is 0. The number of hydrogen-bond acceptors (Lipinski definition) is 4. The van der Waals surface area contributed by atoms with Gasteiger partial charge >= 0.3 is 0 Å². The predicted molar refractivity (Wildman–Crippen MR) is 101 cm³/mol. The van der Waals surface area contributed by atoms with Gasteiger partial charge in [-0.15, -0.1) is 0 Å². The largest absolute Gasteiger partial charge is 0.490 e. The van der Waals surface area contributed by atoms with Crippen molar-refractivity contribution < 1.29 is 19.1 Å². The molecule has 2 aromatic carbocycles. The van der Waals surface area contributed by atoms with Gasteiger partial charge in [0.25, 0.3) is 0 Å². The minimum Gasteiger partial charge on any atom is -0.490 e. The molecule has 2 amide bonds. The van der Waals surface area contributed by atoms with E-state index in [9.17, 15) is 9.59 Å². The zero-order chi connectivity index (χ0) is 18.8. The smallest absolute Gasteiger partial charge is 0.230 e. The molecule has 1 fully saturated rings. The van der Waals surface area contributed by atoms with Crippen LogP contribution in [0.4, 0.5) is 5.69 Å². The molecule has 4 rings (SSSR count). The van der Waals surface area contributed by atoms with Crippen molar-refractivity contribution >= 4 is 17.5 Å². The van der Waals surface area contributed by atoms with E-state index in [2.05, 4.69) is 5.32 Å². The molecule has 1 N–H and O–H groups in total. The van der Waals surface area contributed by atoms with Gasteiger partial charge in [0.2, 0.25) is 11.8 Å². The van der Waals surface area contributed by atoms with E-state index in [1.54, 1.807) is 30.1 Å². The Morgan fingerprint density at radius 1 is 1.07 bits per heavy atom. The van der Waals surface area contributed by atoms with Crippen LogP contribution in [0.2, 0.25) is 0 Å². The molecule has 27 heavy (non-hydrogen) atoms. The van der Waals surface area contributed by atoms with E-state index in [0.29, 0.717) is 30.4 Å². The summed E-state index contributed by atoms with van der Waals surface area (Å²) in [5, 5.41) is 2.94. The van der Waals surface area contributed by atoms with Crippen LogP contribution in [0.1, 0.15) is 24.4 Å². The Morgan fingerprint density at radius 3 is 2.59 bits per heavy atom. The number of hydrogen-bond donors (Lipinski definition) is 1. The molecule has 0 aromatic heterocycles. The molecule has 0 saturated carbocycles. The van der Waals surface area contributed by atoms with Crippen molar-refractivity contribution in [3.63, 3.8) is 0 Å². The third-order valence-electron chi connectivity index (χ3n) is 5.08. The number of carbonyl (C=O) groups is 2. The van der Waals surface area contributed by atoms with Crippen molar-refractivity contribution in [2.45, 2.75) is 18.9 Å². The molecular weight excluding hydrogens is 344 g/mol. The van der Waals surface area contributed by atoms with Gasteiger partial charge in [0.15, 0.2) is 11.5 Å². The van der Waals surface area contributed by atoms with Crippen LogP contribution in [0.15, 0.2) is 48.5 Å². The minimum absolute atomic E-state index is 0.0253. The van der Waals surface area contributed by atoms with Gasteiger partial charge in [0.1, 0.15) is 0 Å². The van der Waals surface area contributed by atoms with Gasteiger partial charge in [-0.2, -0.15) is 0 Å². The molecule has 2 atom stereocenters. The maximum Gasteiger partial charge on any atom is 0.230 e. The molecular formula is C21H22N2O4. The monoisotopic (exact) mass is 366 g/mol. The second-order valence-corrected chi connectivity index (χ2v) is 6.87. The standard InChI is InChI=1S/C21H22N2O4/c1-23-19(24)13-16(20(23)14-6-3-2-4-7-14)21(25)22-15-8-9-17-18(12-15)27-11-5-10-26-17/h2-4,6-9,12,16,20H,5,10-11,13H2,1H3,(H,22,25)/t16-,20-/m0/s1. The molecule has 6 nitrogen and oxygen atoms in total. The van der Waals surface area contributed by atoms with E-state index in [1.807, 2.05) is 30.3 Å². The van der Waals surface area contributed by atoms with Crippen molar-refractivity contribution in [3.05, 3.63) is 54.1 Å². The maximum absolute atomic E-state index is 13.0. The van der Waals surface area contributed by atoms with Crippen LogP contribution in [0.5, 0.6) is 11.5 Å². The lowest BCUT2D eigenvalue weighted by molar-refractivity contribution is -0.127. The first-order chi connectivity index (χ1) is 13.1. The van der Waals surface area contributed by atoms with Crippen LogP contribution < -0.4 is 14.8 Å². The van der Waals surface area contributed by atoms with Crippen LogP contribution in [-0.2, 0) is 9.59 Å². The van der Waals surface area contributed by atoms with Crippen LogP contribution in [0, 0.1) is 5.92 Å². The van der Waals surface area contributed by atoms with E-state index >= 15 is 0 Å². The van der Waals surface area contributed by atoms with Crippen molar-refractivity contribution in [2.75, 3.05) is 25.6 Å². The lowest BCUT2D eigenvalue weighted by Crippen LogP contribution is -2.30. The minimum atomic E-state index is -0.444. The number of amides is 2. The van der Waals surface area contributed by atoms with E-state index in [-0.39, 0.29) is 24.3 Å². The first-order valence-electron chi connectivity index (χ1n) is 9.14. The zero-order valence-corrected chi connectivity index (χ0v) is 15.2. The van der Waals surface area contributed by atoms with E-state index in [1.165, 1.54) is 0 Å². The average molecular weight is 366 g/mol. The zero-order valence-electron chi connectivity index (χ0n) is 15.2. The SMILES string of the molecule is CN1C(=O)C[C@H](C(=O)Nc2ccc3c(c2)OCCCO3)[C@@H]1c1ccccc1. The molecule has 6 heteroatoms. The van der Waals surface area contributed by atoms with Crippen molar-refractivity contribution in [1.82, 2.24) is 4.90 Å². The second-order valence-electron chi connectivity index (χ2n) is 6.87. The number of nitrogens with zero attached hydrogens (tertiary/aromatic N) is 1. The highest BCUT2D eigenvalue weighted by molar-refractivity contribution is 5.98. The van der Waals surface area contributed by atoms with Crippen molar-refractivity contribution in [3.8, 4) is 11.5 Å². The quantitative estimate of drug-likeness (QED) is 0.907. The van der Waals surface area contributed by atoms with Gasteiger partial charge in [0.05, 0.1) is 25.2 Å². The third-order valence-corrected chi connectivity index (χ3v) is 5.08. The number of fused-ring (bicyclic) bond motifs is 1. The van der Waals surface area contributed by atoms with Crippen LogP contribution >= 0.6 is 0 Å². The van der Waals surface area contributed by atoms with Crippen molar-refractivity contribution in [2.24, 2.45) is 5.92 Å². The summed E-state index contributed by atoms with van der Waals surface area (Å²) in [6.45, 7) is 1.20. The third kappa shape index (κ3) is 3.47. The Kier molecular flexibility index (Phi) is 4.71. The molecule has 0 aliphatic carbocycles. The molecule has 140 valence electrons. The Balaban J connectivity index is 1.55. The molecule has 0 bridgehead atoms. The van der Waals surface area contributed by atoms with E-state index in [0.717, 1.165) is 12.0 Å². The summed E-state index contributed by atoms with van der Waals surface area (Å²) < 4.78 is 11.3. The van der Waals surface area contributed by atoms with Gasteiger partial charge in [0, 0.05) is 31.6 Å². The number of anilines is 1. The highest BCUT2D eigenvalue weighted by Gasteiger charge is 2.42. The van der Waals surface area contributed by atoms with Crippen LogP contribution in [0.3, 0.4) is 0 Å². The summed E-state index contributed by atoms with van der Waals surface area (Å²) in [5.41, 5.74) is 1.60. The number of likely N-dealkylation sites (tertiary alicyclic amines) is 1. The molecule has 0 spiro atoms.